The molecule has 0 spiro atoms. The molecule has 1 rings (SSSR count). The Kier molecular flexibility index (Phi) is 4.90. The second-order valence-electron chi connectivity index (χ2n) is 5.12. The highest BCUT2D eigenvalue weighted by molar-refractivity contribution is 5.72. The number of nitrogens with zero attached hydrogens (tertiary/aromatic N) is 1. The molecule has 5 nitrogen and oxygen atoms in total. The van der Waals surface area contributed by atoms with Crippen LogP contribution in [0.15, 0.2) is 0 Å². The highest BCUT2D eigenvalue weighted by atomic mass is 16.6. The Hall–Kier alpha value is -1.13. The minimum absolute atomic E-state index is 0.0651. The standard InChI is InChI=1S/C12H22N2O3/c1-10(14(16)17)12(6-4-3-5-7-12)8-9-13-11(2)15/h10H,3-9H2,1-2H3,(H,13,15). The van der Waals surface area contributed by atoms with Crippen molar-refractivity contribution in [2.45, 2.75) is 58.4 Å². The van der Waals surface area contributed by atoms with Gasteiger partial charge in [-0.25, -0.2) is 0 Å². The molecule has 1 N–H and O–H groups in total. The maximum absolute atomic E-state index is 11.0. The number of carbonyl (C=O) groups is 1. The van der Waals surface area contributed by atoms with E-state index in [4.69, 9.17) is 0 Å². The zero-order valence-electron chi connectivity index (χ0n) is 10.7. The highest BCUT2D eigenvalue weighted by Crippen LogP contribution is 2.42. The summed E-state index contributed by atoms with van der Waals surface area (Å²) >= 11 is 0. The summed E-state index contributed by atoms with van der Waals surface area (Å²) in [7, 11) is 0. The first-order valence-electron chi connectivity index (χ1n) is 6.36. The quantitative estimate of drug-likeness (QED) is 0.593. The van der Waals surface area contributed by atoms with E-state index >= 15 is 0 Å². The van der Waals surface area contributed by atoms with Crippen LogP contribution in [-0.4, -0.2) is 23.4 Å². The first-order valence-corrected chi connectivity index (χ1v) is 6.36. The SMILES string of the molecule is CC(=O)NCCC1(C(C)[N+](=O)[O-])CCCCC1. The number of rotatable bonds is 5. The van der Waals surface area contributed by atoms with Gasteiger partial charge in [0.1, 0.15) is 0 Å². The summed E-state index contributed by atoms with van der Waals surface area (Å²) in [4.78, 5) is 21.7. The fourth-order valence-electron chi connectivity index (χ4n) is 2.84. The smallest absolute Gasteiger partial charge is 0.216 e. The molecule has 0 aromatic heterocycles. The molecule has 0 bridgehead atoms. The summed E-state index contributed by atoms with van der Waals surface area (Å²) in [5, 5.41) is 13.8. The van der Waals surface area contributed by atoms with Gasteiger partial charge >= 0.3 is 0 Å². The van der Waals surface area contributed by atoms with E-state index in [-0.39, 0.29) is 16.2 Å². The van der Waals surface area contributed by atoms with Gasteiger partial charge < -0.3 is 5.32 Å². The predicted molar refractivity (Wildman–Crippen MR) is 65.3 cm³/mol. The molecule has 0 radical (unpaired) electrons. The van der Waals surface area contributed by atoms with Crippen LogP contribution in [0.2, 0.25) is 0 Å². The lowest BCUT2D eigenvalue weighted by atomic mass is 9.67. The molecule has 0 aromatic rings. The van der Waals surface area contributed by atoms with Gasteiger partial charge in [-0.3, -0.25) is 14.9 Å². The number of hydrogen-bond acceptors (Lipinski definition) is 3. The molecule has 1 aliphatic rings. The summed E-state index contributed by atoms with van der Waals surface area (Å²) in [5.74, 6) is -0.0651. The van der Waals surface area contributed by atoms with Gasteiger partial charge in [0.2, 0.25) is 11.9 Å². The maximum Gasteiger partial charge on any atom is 0.216 e. The molecule has 0 aromatic carbocycles. The van der Waals surface area contributed by atoms with Crippen LogP contribution in [0.3, 0.4) is 0 Å². The summed E-state index contributed by atoms with van der Waals surface area (Å²) in [6, 6.07) is -0.517. The van der Waals surface area contributed by atoms with E-state index in [1.165, 1.54) is 13.3 Å². The van der Waals surface area contributed by atoms with E-state index < -0.39 is 6.04 Å². The van der Waals surface area contributed by atoms with Crippen LogP contribution >= 0.6 is 0 Å². The summed E-state index contributed by atoms with van der Waals surface area (Å²) in [6.07, 6.45) is 5.85. The third-order valence-corrected chi connectivity index (χ3v) is 4.05. The Morgan fingerprint density at radius 3 is 2.47 bits per heavy atom. The Balaban J connectivity index is 2.64. The average Bonchev–Trinajstić information content (AvgIpc) is 2.28. The Labute approximate surface area is 102 Å². The van der Waals surface area contributed by atoms with E-state index in [1.54, 1.807) is 6.92 Å². The van der Waals surface area contributed by atoms with E-state index in [2.05, 4.69) is 5.32 Å². The zero-order chi connectivity index (χ0) is 12.9. The van der Waals surface area contributed by atoms with Crippen molar-refractivity contribution >= 4 is 5.91 Å². The van der Waals surface area contributed by atoms with Crippen LogP contribution in [0.4, 0.5) is 0 Å². The lowest BCUT2D eigenvalue weighted by Gasteiger charge is -2.37. The van der Waals surface area contributed by atoms with Gasteiger partial charge in [-0.05, 0) is 19.3 Å². The second kappa shape index (κ2) is 5.98. The zero-order valence-corrected chi connectivity index (χ0v) is 10.7. The van der Waals surface area contributed by atoms with Crippen molar-refractivity contribution in [3.05, 3.63) is 10.1 Å². The largest absolute Gasteiger partial charge is 0.356 e. The number of nitrogens with one attached hydrogen (secondary N) is 1. The van der Waals surface area contributed by atoms with Crippen molar-refractivity contribution in [1.82, 2.24) is 5.32 Å². The highest BCUT2D eigenvalue weighted by Gasteiger charge is 2.43. The van der Waals surface area contributed by atoms with Gasteiger partial charge in [0.25, 0.3) is 0 Å². The van der Waals surface area contributed by atoms with Gasteiger partial charge in [-0.1, -0.05) is 19.3 Å². The molecule has 1 amide bonds. The van der Waals surface area contributed by atoms with Crippen molar-refractivity contribution in [3.63, 3.8) is 0 Å². The molecule has 98 valence electrons. The number of carbonyl (C=O) groups excluding carboxylic acids is 1. The topological polar surface area (TPSA) is 72.2 Å². The number of nitro groups is 1. The van der Waals surface area contributed by atoms with Crippen molar-refractivity contribution < 1.29 is 9.72 Å². The Morgan fingerprint density at radius 1 is 1.41 bits per heavy atom. The van der Waals surface area contributed by atoms with Crippen LogP contribution in [0.25, 0.3) is 0 Å². The summed E-state index contributed by atoms with van der Waals surface area (Å²) in [6.45, 7) is 3.73. The summed E-state index contributed by atoms with van der Waals surface area (Å²) < 4.78 is 0. The van der Waals surface area contributed by atoms with Crippen molar-refractivity contribution in [3.8, 4) is 0 Å². The van der Waals surface area contributed by atoms with Gasteiger partial charge in [0.05, 0.1) is 0 Å². The fourth-order valence-corrected chi connectivity index (χ4v) is 2.84. The molecule has 17 heavy (non-hydrogen) atoms. The molecular formula is C12H22N2O3. The normalized spacial score (nSPS) is 20.6. The van der Waals surface area contributed by atoms with Crippen molar-refractivity contribution in [2.24, 2.45) is 5.41 Å². The Bertz CT molecular complexity index is 285. The van der Waals surface area contributed by atoms with Crippen LogP contribution < -0.4 is 5.32 Å². The van der Waals surface area contributed by atoms with Gasteiger partial charge in [0, 0.05) is 30.7 Å². The second-order valence-corrected chi connectivity index (χ2v) is 5.12. The first kappa shape index (κ1) is 13.9. The molecular weight excluding hydrogens is 220 g/mol. The lowest BCUT2D eigenvalue weighted by Crippen LogP contribution is -2.42. The van der Waals surface area contributed by atoms with Gasteiger partial charge in [-0.2, -0.15) is 0 Å². The van der Waals surface area contributed by atoms with Crippen LogP contribution in [0.1, 0.15) is 52.4 Å². The maximum atomic E-state index is 11.0. The van der Waals surface area contributed by atoms with E-state index in [0.717, 1.165) is 25.7 Å². The summed E-state index contributed by atoms with van der Waals surface area (Å²) in [5.41, 5.74) is -0.218. The van der Waals surface area contributed by atoms with Gasteiger partial charge in [0.15, 0.2) is 0 Å². The molecule has 1 fully saturated rings. The van der Waals surface area contributed by atoms with E-state index in [1.807, 2.05) is 0 Å². The number of hydrogen-bond donors (Lipinski definition) is 1. The lowest BCUT2D eigenvalue weighted by molar-refractivity contribution is -0.540. The molecule has 0 heterocycles. The minimum atomic E-state index is -0.517. The molecule has 1 atom stereocenters. The number of amides is 1. The van der Waals surface area contributed by atoms with Crippen LogP contribution in [0.5, 0.6) is 0 Å². The first-order chi connectivity index (χ1) is 7.98. The monoisotopic (exact) mass is 242 g/mol. The third kappa shape index (κ3) is 3.68. The average molecular weight is 242 g/mol. The van der Waals surface area contributed by atoms with E-state index in [9.17, 15) is 14.9 Å². The molecule has 0 saturated heterocycles. The molecule has 1 unspecified atom stereocenters. The van der Waals surface area contributed by atoms with Crippen LogP contribution in [0, 0.1) is 15.5 Å². The van der Waals surface area contributed by atoms with Gasteiger partial charge in [-0.15, -0.1) is 0 Å². The minimum Gasteiger partial charge on any atom is -0.356 e. The molecule has 0 aliphatic heterocycles. The van der Waals surface area contributed by atoms with E-state index in [0.29, 0.717) is 13.0 Å². The Morgan fingerprint density at radius 2 is 2.00 bits per heavy atom. The molecule has 1 aliphatic carbocycles. The molecule has 5 heteroatoms. The predicted octanol–water partition coefficient (Wildman–Crippen LogP) is 2.13. The third-order valence-electron chi connectivity index (χ3n) is 4.05. The molecule has 1 saturated carbocycles. The van der Waals surface area contributed by atoms with Crippen molar-refractivity contribution in [1.29, 1.82) is 0 Å². The fraction of sp³-hybridized carbons (Fsp3) is 0.917. The van der Waals surface area contributed by atoms with Crippen LogP contribution in [-0.2, 0) is 4.79 Å². The van der Waals surface area contributed by atoms with Crippen molar-refractivity contribution in [2.75, 3.05) is 6.54 Å².